The van der Waals surface area contributed by atoms with Crippen LogP contribution in [0.1, 0.15) is 24.0 Å². The van der Waals surface area contributed by atoms with E-state index < -0.39 is 0 Å². The number of fused-ring (bicyclic) bond motifs is 2. The van der Waals surface area contributed by atoms with Gasteiger partial charge in [0.1, 0.15) is 0 Å². The van der Waals surface area contributed by atoms with Gasteiger partial charge >= 0.3 is 6.09 Å². The van der Waals surface area contributed by atoms with Crippen molar-refractivity contribution in [1.82, 2.24) is 4.98 Å². The van der Waals surface area contributed by atoms with Crippen LogP contribution < -0.4 is 4.90 Å². The number of nitrogens with zero attached hydrogens (tertiary/aromatic N) is 1. The summed E-state index contributed by atoms with van der Waals surface area (Å²) in [6.07, 6.45) is 5.55. The number of amides is 1. The summed E-state index contributed by atoms with van der Waals surface area (Å²) < 4.78 is 5.53. The molecule has 1 aliphatic heterocycles. The van der Waals surface area contributed by atoms with Crippen molar-refractivity contribution in [1.29, 1.82) is 0 Å². The number of H-pyrrole nitrogens is 1. The second-order valence-corrected chi connectivity index (χ2v) is 6.46. The van der Waals surface area contributed by atoms with Gasteiger partial charge in [-0.15, -0.1) is 0 Å². The molecule has 0 saturated carbocycles. The van der Waals surface area contributed by atoms with E-state index in [9.17, 15) is 4.79 Å². The molecule has 1 aromatic heterocycles. The lowest BCUT2D eigenvalue weighted by Crippen LogP contribution is -2.36. The quantitative estimate of drug-likeness (QED) is 0.704. The third-order valence-corrected chi connectivity index (χ3v) is 4.82. The Labute approximate surface area is 147 Å². The number of hydrogen-bond acceptors (Lipinski definition) is 2. The second kappa shape index (κ2) is 7.01. The zero-order valence-corrected chi connectivity index (χ0v) is 14.2. The maximum absolute atomic E-state index is 12.4. The molecule has 0 spiro atoms. The fourth-order valence-electron chi connectivity index (χ4n) is 3.56. The molecule has 128 valence electrons. The van der Waals surface area contributed by atoms with Crippen molar-refractivity contribution in [3.05, 3.63) is 65.9 Å². The molecule has 0 fully saturated rings. The third-order valence-electron chi connectivity index (χ3n) is 4.82. The summed E-state index contributed by atoms with van der Waals surface area (Å²) in [5.74, 6) is 0. The zero-order valence-electron chi connectivity index (χ0n) is 14.2. The topological polar surface area (TPSA) is 45.3 Å². The number of para-hydroxylation sites is 2. The number of ether oxygens (including phenoxy) is 1. The second-order valence-electron chi connectivity index (χ2n) is 6.46. The number of hydrogen-bond donors (Lipinski definition) is 1. The van der Waals surface area contributed by atoms with E-state index in [1.54, 1.807) is 4.90 Å². The minimum absolute atomic E-state index is 0.230. The normalized spacial score (nSPS) is 13.7. The summed E-state index contributed by atoms with van der Waals surface area (Å²) >= 11 is 0. The van der Waals surface area contributed by atoms with E-state index in [0.717, 1.165) is 43.4 Å². The van der Waals surface area contributed by atoms with Crippen molar-refractivity contribution >= 4 is 22.7 Å². The number of aryl methyl sites for hydroxylation is 2. The van der Waals surface area contributed by atoms with Crippen LogP contribution in [0, 0.1) is 0 Å². The zero-order chi connectivity index (χ0) is 17.1. The molecule has 0 bridgehead atoms. The van der Waals surface area contributed by atoms with Crippen LogP contribution >= 0.6 is 0 Å². The van der Waals surface area contributed by atoms with Crippen molar-refractivity contribution in [3.8, 4) is 0 Å². The SMILES string of the molecule is O=C(OCCCc1c[nH]c2ccccc12)N1CCCc2ccccc21. The predicted octanol–water partition coefficient (Wildman–Crippen LogP) is 4.69. The van der Waals surface area contributed by atoms with E-state index in [1.807, 2.05) is 36.5 Å². The largest absolute Gasteiger partial charge is 0.449 e. The van der Waals surface area contributed by atoms with Crippen molar-refractivity contribution in [3.63, 3.8) is 0 Å². The van der Waals surface area contributed by atoms with Gasteiger partial charge in [0, 0.05) is 23.6 Å². The maximum atomic E-state index is 12.4. The van der Waals surface area contributed by atoms with E-state index in [-0.39, 0.29) is 6.09 Å². The average Bonchev–Trinajstić information content (AvgIpc) is 3.08. The lowest BCUT2D eigenvalue weighted by molar-refractivity contribution is 0.152. The number of nitrogens with one attached hydrogen (secondary N) is 1. The fourth-order valence-corrected chi connectivity index (χ4v) is 3.56. The molecule has 0 unspecified atom stereocenters. The molecule has 1 aliphatic rings. The van der Waals surface area contributed by atoms with Gasteiger partial charge < -0.3 is 9.72 Å². The van der Waals surface area contributed by atoms with Gasteiger partial charge in [0.15, 0.2) is 0 Å². The van der Waals surface area contributed by atoms with E-state index in [1.165, 1.54) is 16.5 Å². The molecule has 4 nitrogen and oxygen atoms in total. The summed E-state index contributed by atoms with van der Waals surface area (Å²) in [5, 5.41) is 1.25. The van der Waals surface area contributed by atoms with Crippen LogP contribution in [-0.4, -0.2) is 24.2 Å². The first kappa shape index (κ1) is 15.8. The maximum Gasteiger partial charge on any atom is 0.414 e. The molecule has 3 aromatic rings. The first-order valence-corrected chi connectivity index (χ1v) is 8.90. The van der Waals surface area contributed by atoms with E-state index in [4.69, 9.17) is 4.74 Å². The summed E-state index contributed by atoms with van der Waals surface area (Å²) in [6, 6.07) is 16.4. The molecular weight excluding hydrogens is 312 g/mol. The average molecular weight is 334 g/mol. The van der Waals surface area contributed by atoms with Crippen molar-refractivity contribution in [2.24, 2.45) is 0 Å². The Hall–Kier alpha value is -2.75. The van der Waals surface area contributed by atoms with Crippen molar-refractivity contribution in [2.75, 3.05) is 18.1 Å². The standard InChI is InChI=1S/C21H22N2O2/c24-21(23-13-5-8-16-7-1-4-12-20(16)23)25-14-6-9-17-15-22-19-11-3-2-10-18(17)19/h1-4,7,10-12,15,22H,5-6,8-9,13-14H2. The van der Waals surface area contributed by atoms with Gasteiger partial charge in [-0.05, 0) is 48.9 Å². The minimum Gasteiger partial charge on any atom is -0.449 e. The number of anilines is 1. The molecular formula is C21H22N2O2. The van der Waals surface area contributed by atoms with Crippen LogP contribution in [0.4, 0.5) is 10.5 Å². The van der Waals surface area contributed by atoms with Crippen LogP contribution in [0.5, 0.6) is 0 Å². The van der Waals surface area contributed by atoms with Crippen LogP contribution in [-0.2, 0) is 17.6 Å². The Kier molecular flexibility index (Phi) is 4.42. The lowest BCUT2D eigenvalue weighted by Gasteiger charge is -2.28. The minimum atomic E-state index is -0.230. The Morgan fingerprint density at radius 3 is 2.92 bits per heavy atom. The van der Waals surface area contributed by atoms with E-state index in [0.29, 0.717) is 6.61 Å². The van der Waals surface area contributed by atoms with Gasteiger partial charge in [0.2, 0.25) is 0 Å². The number of rotatable bonds is 4. The van der Waals surface area contributed by atoms with Gasteiger partial charge in [-0.1, -0.05) is 36.4 Å². The number of benzene rings is 2. The van der Waals surface area contributed by atoms with Gasteiger partial charge in [-0.3, -0.25) is 4.90 Å². The molecule has 2 heterocycles. The predicted molar refractivity (Wildman–Crippen MR) is 100 cm³/mol. The van der Waals surface area contributed by atoms with Gasteiger partial charge in [0.05, 0.1) is 12.3 Å². The molecule has 25 heavy (non-hydrogen) atoms. The Morgan fingerprint density at radius 2 is 1.96 bits per heavy atom. The van der Waals surface area contributed by atoms with E-state index in [2.05, 4.69) is 23.2 Å². The highest BCUT2D eigenvalue weighted by atomic mass is 16.6. The summed E-state index contributed by atoms with van der Waals surface area (Å²) in [6.45, 7) is 1.18. The molecule has 1 amide bonds. The first-order chi connectivity index (χ1) is 12.3. The molecule has 0 radical (unpaired) electrons. The molecule has 0 saturated heterocycles. The first-order valence-electron chi connectivity index (χ1n) is 8.90. The molecule has 0 atom stereocenters. The number of aromatic amines is 1. The highest BCUT2D eigenvalue weighted by Gasteiger charge is 2.23. The molecule has 2 aromatic carbocycles. The van der Waals surface area contributed by atoms with Crippen LogP contribution in [0.3, 0.4) is 0 Å². The Balaban J connectivity index is 1.33. The highest BCUT2D eigenvalue weighted by molar-refractivity contribution is 5.89. The van der Waals surface area contributed by atoms with Crippen molar-refractivity contribution < 1.29 is 9.53 Å². The Bertz CT molecular complexity index is 884. The molecule has 4 rings (SSSR count). The summed E-state index contributed by atoms with van der Waals surface area (Å²) in [4.78, 5) is 17.5. The van der Waals surface area contributed by atoms with Crippen molar-refractivity contribution in [2.45, 2.75) is 25.7 Å². The molecule has 4 heteroatoms. The van der Waals surface area contributed by atoms with E-state index >= 15 is 0 Å². The number of carbonyl (C=O) groups is 1. The van der Waals surface area contributed by atoms with Gasteiger partial charge in [0.25, 0.3) is 0 Å². The van der Waals surface area contributed by atoms with Gasteiger partial charge in [-0.25, -0.2) is 4.79 Å². The number of aromatic nitrogens is 1. The monoisotopic (exact) mass is 334 g/mol. The van der Waals surface area contributed by atoms with Crippen LogP contribution in [0.15, 0.2) is 54.7 Å². The molecule has 1 N–H and O–H groups in total. The number of carbonyl (C=O) groups excluding carboxylic acids is 1. The fraction of sp³-hybridized carbons (Fsp3) is 0.286. The third kappa shape index (κ3) is 3.25. The lowest BCUT2D eigenvalue weighted by atomic mass is 10.0. The Morgan fingerprint density at radius 1 is 1.12 bits per heavy atom. The molecule has 0 aliphatic carbocycles. The van der Waals surface area contributed by atoms with Gasteiger partial charge in [-0.2, -0.15) is 0 Å². The van der Waals surface area contributed by atoms with Crippen LogP contribution in [0.25, 0.3) is 10.9 Å². The highest BCUT2D eigenvalue weighted by Crippen LogP contribution is 2.27. The van der Waals surface area contributed by atoms with Crippen LogP contribution in [0.2, 0.25) is 0 Å². The summed E-state index contributed by atoms with van der Waals surface area (Å²) in [5.41, 5.74) is 4.65. The smallest absolute Gasteiger partial charge is 0.414 e. The summed E-state index contributed by atoms with van der Waals surface area (Å²) in [7, 11) is 0.